The second kappa shape index (κ2) is 11.5. The Balaban J connectivity index is 1.97. The molecule has 2 N–H and O–H groups in total. The Hall–Kier alpha value is -3.76. The highest BCUT2D eigenvalue weighted by atomic mass is 32.2. The van der Waals surface area contributed by atoms with Gasteiger partial charge >= 0.3 is 6.18 Å². The van der Waals surface area contributed by atoms with Gasteiger partial charge in [0.25, 0.3) is 11.2 Å². The second-order valence-corrected chi connectivity index (χ2v) is 11.3. The molecule has 0 bridgehead atoms. The van der Waals surface area contributed by atoms with Crippen molar-refractivity contribution in [1.82, 2.24) is 9.29 Å². The Kier molecular flexibility index (Phi) is 8.82. The molecule has 1 unspecified atom stereocenters. The third-order valence-corrected chi connectivity index (χ3v) is 7.39. The van der Waals surface area contributed by atoms with Crippen molar-refractivity contribution in [3.63, 3.8) is 0 Å². The summed E-state index contributed by atoms with van der Waals surface area (Å²) in [7, 11) is -3.76. The van der Waals surface area contributed by atoms with Crippen molar-refractivity contribution >= 4 is 37.9 Å². The highest BCUT2D eigenvalue weighted by molar-refractivity contribution is 7.89. The third kappa shape index (κ3) is 6.63. The van der Waals surface area contributed by atoms with Gasteiger partial charge in [0.2, 0.25) is 10.0 Å². The Bertz CT molecular complexity index is 1620. The molecule has 3 aromatic rings. The average molecular weight is 564 g/mol. The minimum Gasteiger partial charge on any atom is -0.503 e. The summed E-state index contributed by atoms with van der Waals surface area (Å²) >= 11 is 0. The summed E-state index contributed by atoms with van der Waals surface area (Å²) < 4.78 is 70.0. The number of rotatable bonds is 9. The van der Waals surface area contributed by atoms with E-state index in [2.05, 4.69) is 33.6 Å². The predicted molar refractivity (Wildman–Crippen MR) is 141 cm³/mol. The van der Waals surface area contributed by atoms with Crippen LogP contribution in [0.1, 0.15) is 39.7 Å². The van der Waals surface area contributed by atoms with Gasteiger partial charge in [-0.25, -0.2) is 18.0 Å². The number of benzene rings is 2. The van der Waals surface area contributed by atoms with Crippen molar-refractivity contribution in [2.45, 2.75) is 51.7 Å². The quantitative estimate of drug-likeness (QED) is 0.223. The fraction of sp³-hybridized carbons (Fsp3) is 0.385. The van der Waals surface area contributed by atoms with Crippen LogP contribution < -0.4 is 10.3 Å². The molecule has 0 radical (unpaired) electrons. The fourth-order valence-electron chi connectivity index (χ4n) is 4.21. The summed E-state index contributed by atoms with van der Waals surface area (Å²) in [5.74, 6) is -0.496. The number of fused-ring (bicyclic) bond motifs is 1. The normalized spacial score (nSPS) is 13.3. The number of halogens is 3. The van der Waals surface area contributed by atoms with Crippen molar-refractivity contribution in [2.24, 2.45) is 22.1 Å². The molecule has 2 aromatic carbocycles. The monoisotopic (exact) mass is 563 g/mol. The molecule has 1 aromatic heterocycles. The van der Waals surface area contributed by atoms with Gasteiger partial charge in [-0.2, -0.15) is 18.3 Å². The van der Waals surface area contributed by atoms with Gasteiger partial charge in [-0.05, 0) is 60.2 Å². The summed E-state index contributed by atoms with van der Waals surface area (Å²) in [6, 6.07) is 8.80. The van der Waals surface area contributed by atoms with E-state index >= 15 is 0 Å². The Morgan fingerprint density at radius 1 is 1.10 bits per heavy atom. The number of aromatic nitrogens is 1. The molecule has 0 saturated carbocycles. The molecule has 0 aliphatic heterocycles. The van der Waals surface area contributed by atoms with Crippen molar-refractivity contribution in [2.75, 3.05) is 6.54 Å². The lowest BCUT2D eigenvalue weighted by atomic mass is 9.99. The number of azo groups is 1. The minimum absolute atomic E-state index is 0.0619. The second-order valence-electron chi connectivity index (χ2n) is 9.53. The van der Waals surface area contributed by atoms with Gasteiger partial charge in [0.05, 0.1) is 22.7 Å². The van der Waals surface area contributed by atoms with Crippen molar-refractivity contribution in [3.05, 3.63) is 63.7 Å². The molecule has 1 heterocycles. The van der Waals surface area contributed by atoms with E-state index in [1.165, 1.54) is 43.3 Å². The number of nitrogens with zero attached hydrogens (tertiary/aromatic N) is 4. The maximum absolute atomic E-state index is 13.8. The van der Waals surface area contributed by atoms with Gasteiger partial charge in [0, 0.05) is 13.1 Å². The molecule has 39 heavy (non-hydrogen) atoms. The first-order valence-electron chi connectivity index (χ1n) is 12.1. The lowest BCUT2D eigenvalue weighted by molar-refractivity contribution is -0.136. The number of aromatic hydroxyl groups is 1. The number of alkyl halides is 3. The van der Waals surface area contributed by atoms with E-state index in [9.17, 15) is 31.5 Å². The van der Waals surface area contributed by atoms with Crippen LogP contribution in [0.15, 0.2) is 56.3 Å². The van der Waals surface area contributed by atoms with E-state index < -0.39 is 44.6 Å². The van der Waals surface area contributed by atoms with Crippen LogP contribution in [-0.2, 0) is 22.7 Å². The summed E-state index contributed by atoms with van der Waals surface area (Å²) in [6.07, 6.45) is -4.28. The van der Waals surface area contributed by atoms with Crippen LogP contribution in [0.25, 0.3) is 15.6 Å². The standard InChI is InChI=1S/C26H28F3N5O4S/c1-6-34-24(35)22(30-5)21(26(27,28)29)23(25(34)36)33-32-19-9-7-18-13-20(10-8-17(18)12-19)39(37,38)31-14-16(4)11-15(2)3/h7-10,12-13,15-16,31,35H,6,11,14H2,1-4H3. The number of hydrogen-bond donors (Lipinski definition) is 2. The molecule has 0 spiro atoms. The molecular weight excluding hydrogens is 535 g/mol. The Labute approximate surface area is 223 Å². The van der Waals surface area contributed by atoms with Gasteiger partial charge in [-0.1, -0.05) is 32.9 Å². The first-order valence-corrected chi connectivity index (χ1v) is 13.6. The maximum Gasteiger partial charge on any atom is 0.409 e. The Morgan fingerprint density at radius 3 is 2.33 bits per heavy atom. The average Bonchev–Trinajstić information content (AvgIpc) is 2.85. The zero-order chi connectivity index (χ0) is 29.1. The highest BCUT2D eigenvalue weighted by Gasteiger charge is 2.41. The molecule has 3 rings (SSSR count). The summed E-state index contributed by atoms with van der Waals surface area (Å²) in [5, 5.41) is 18.4. The fourth-order valence-corrected chi connectivity index (χ4v) is 5.41. The van der Waals surface area contributed by atoms with E-state index in [-0.39, 0.29) is 23.0 Å². The molecule has 0 amide bonds. The molecular formula is C26H28F3N5O4S. The van der Waals surface area contributed by atoms with Gasteiger partial charge < -0.3 is 5.11 Å². The van der Waals surface area contributed by atoms with Crippen LogP contribution in [0.3, 0.4) is 0 Å². The zero-order valence-corrected chi connectivity index (χ0v) is 22.6. The zero-order valence-electron chi connectivity index (χ0n) is 21.7. The number of nitrogens with one attached hydrogen (secondary N) is 1. The molecule has 13 heteroatoms. The number of pyridine rings is 1. The van der Waals surface area contributed by atoms with Crippen molar-refractivity contribution < 1.29 is 26.7 Å². The lowest BCUT2D eigenvalue weighted by Crippen LogP contribution is -2.29. The predicted octanol–water partition coefficient (Wildman–Crippen LogP) is 6.67. The van der Waals surface area contributed by atoms with Gasteiger partial charge in [0.1, 0.15) is 0 Å². The van der Waals surface area contributed by atoms with Gasteiger partial charge in [-0.15, -0.1) is 5.11 Å². The topological polar surface area (TPSA) is 117 Å². The number of hydrogen-bond acceptors (Lipinski definition) is 6. The van der Waals surface area contributed by atoms with Crippen LogP contribution >= 0.6 is 0 Å². The molecule has 208 valence electrons. The summed E-state index contributed by atoms with van der Waals surface area (Å²) in [5.41, 5.74) is -5.08. The van der Waals surface area contributed by atoms with Crippen LogP contribution in [-0.4, -0.2) is 24.6 Å². The summed E-state index contributed by atoms with van der Waals surface area (Å²) in [6.45, 7) is 14.7. The highest BCUT2D eigenvalue weighted by Crippen LogP contribution is 2.45. The molecule has 0 aliphatic carbocycles. The Morgan fingerprint density at radius 2 is 1.74 bits per heavy atom. The van der Waals surface area contributed by atoms with Crippen LogP contribution in [0.4, 0.5) is 30.2 Å². The van der Waals surface area contributed by atoms with Crippen LogP contribution in [0, 0.1) is 18.4 Å². The SMILES string of the molecule is [C-]#[N+]c1c(C(F)(F)F)c(N=Nc2ccc3cc(S(=O)(=O)NCC(C)CC(C)C)ccc3c2)c(=O)n(CC)c1O. The van der Waals surface area contributed by atoms with Crippen molar-refractivity contribution in [3.8, 4) is 5.88 Å². The summed E-state index contributed by atoms with van der Waals surface area (Å²) in [4.78, 5) is 15.5. The minimum atomic E-state index is -5.15. The van der Waals surface area contributed by atoms with Gasteiger partial charge in [0.15, 0.2) is 11.6 Å². The largest absolute Gasteiger partial charge is 0.503 e. The van der Waals surface area contributed by atoms with Crippen LogP contribution in [0.5, 0.6) is 5.88 Å². The van der Waals surface area contributed by atoms with E-state index in [1.54, 1.807) is 0 Å². The van der Waals surface area contributed by atoms with E-state index in [4.69, 9.17) is 6.57 Å². The van der Waals surface area contributed by atoms with E-state index in [0.29, 0.717) is 27.8 Å². The van der Waals surface area contributed by atoms with Gasteiger partial charge in [-0.3, -0.25) is 9.36 Å². The molecule has 0 saturated heterocycles. The molecule has 1 atom stereocenters. The van der Waals surface area contributed by atoms with Crippen molar-refractivity contribution in [1.29, 1.82) is 0 Å². The maximum atomic E-state index is 13.8. The van der Waals surface area contributed by atoms with E-state index in [1.807, 2.05) is 6.92 Å². The molecule has 9 nitrogen and oxygen atoms in total. The van der Waals surface area contributed by atoms with E-state index in [0.717, 1.165) is 6.42 Å². The first-order chi connectivity index (χ1) is 18.2. The molecule has 0 fully saturated rings. The molecule has 0 aliphatic rings. The first kappa shape index (κ1) is 29.8. The smallest absolute Gasteiger partial charge is 0.409 e. The van der Waals surface area contributed by atoms with Crippen LogP contribution in [0.2, 0.25) is 0 Å². The third-order valence-electron chi connectivity index (χ3n) is 5.97. The lowest BCUT2D eigenvalue weighted by Gasteiger charge is -2.15. The number of sulfonamides is 1.